The third-order valence-corrected chi connectivity index (χ3v) is 3.19. The summed E-state index contributed by atoms with van der Waals surface area (Å²) >= 11 is 1.72. The fourth-order valence-electron chi connectivity index (χ4n) is 1.41. The molecule has 1 atom stereocenters. The monoisotopic (exact) mass is 255 g/mol. The van der Waals surface area contributed by atoms with E-state index in [1.54, 1.807) is 11.8 Å². The molecule has 4 nitrogen and oxygen atoms in total. The van der Waals surface area contributed by atoms with E-state index in [0.717, 1.165) is 5.75 Å². The Hall–Kier alpha value is -1.36. The Morgan fingerprint density at radius 1 is 1.47 bits per heavy atom. The van der Waals surface area contributed by atoms with Gasteiger partial charge in [0.1, 0.15) is 11.5 Å². The Kier molecular flexibility index (Phi) is 5.15. The molecule has 0 saturated heterocycles. The second-order valence-corrected chi connectivity index (χ2v) is 4.88. The molecule has 0 spiro atoms. The van der Waals surface area contributed by atoms with Crippen LogP contribution in [0.15, 0.2) is 18.2 Å². The lowest BCUT2D eigenvalue weighted by atomic mass is 10.1. The first kappa shape index (κ1) is 13.7. The molecule has 0 bridgehead atoms. The number of rotatable bonds is 5. The van der Waals surface area contributed by atoms with Gasteiger partial charge >= 0.3 is 0 Å². The quantitative estimate of drug-likeness (QED) is 0.702. The molecule has 1 rings (SSSR count). The second kappa shape index (κ2) is 6.39. The van der Waals surface area contributed by atoms with Crippen molar-refractivity contribution < 1.29 is 15.0 Å². The van der Waals surface area contributed by atoms with E-state index < -0.39 is 0 Å². The number of phenolic OH excluding ortho intramolecular Hbond substituents is 2. The first-order valence-corrected chi connectivity index (χ1v) is 6.73. The molecule has 0 radical (unpaired) electrons. The molecule has 0 fully saturated rings. The molecule has 0 saturated carbocycles. The minimum atomic E-state index is -0.369. The van der Waals surface area contributed by atoms with Crippen molar-refractivity contribution in [3.63, 3.8) is 0 Å². The molecule has 17 heavy (non-hydrogen) atoms. The maximum atomic E-state index is 11.7. The molecular weight excluding hydrogens is 238 g/mol. The van der Waals surface area contributed by atoms with E-state index in [0.29, 0.717) is 12.5 Å². The normalized spacial score (nSPS) is 12.1. The highest BCUT2D eigenvalue weighted by molar-refractivity contribution is 7.98. The van der Waals surface area contributed by atoms with Gasteiger partial charge in [-0.2, -0.15) is 11.8 Å². The highest BCUT2D eigenvalue weighted by Crippen LogP contribution is 2.21. The van der Waals surface area contributed by atoms with E-state index in [4.69, 9.17) is 0 Å². The number of carbonyl (C=O) groups is 1. The summed E-state index contributed by atoms with van der Waals surface area (Å²) in [5, 5.41) is 21.5. The topological polar surface area (TPSA) is 69.6 Å². The van der Waals surface area contributed by atoms with Crippen LogP contribution in [-0.2, 0) is 0 Å². The summed E-state index contributed by atoms with van der Waals surface area (Å²) in [4.78, 5) is 11.7. The van der Waals surface area contributed by atoms with Crippen molar-refractivity contribution in [3.8, 4) is 11.5 Å². The molecular formula is C12H17NO3S. The van der Waals surface area contributed by atoms with Gasteiger partial charge in [-0.25, -0.2) is 0 Å². The average molecular weight is 255 g/mol. The Morgan fingerprint density at radius 2 is 2.18 bits per heavy atom. The Bertz CT molecular complexity index is 395. The maximum absolute atomic E-state index is 11.7. The number of aromatic hydroxyl groups is 2. The summed E-state index contributed by atoms with van der Waals surface area (Å²) in [6.07, 6.45) is 2.01. The number of benzene rings is 1. The van der Waals surface area contributed by atoms with E-state index in [9.17, 15) is 15.0 Å². The summed E-state index contributed by atoms with van der Waals surface area (Å²) < 4.78 is 0. The van der Waals surface area contributed by atoms with Crippen LogP contribution in [0.3, 0.4) is 0 Å². The number of amides is 1. The third-order valence-electron chi connectivity index (χ3n) is 2.29. The lowest BCUT2D eigenvalue weighted by Gasteiger charge is -2.11. The number of hydrogen-bond donors (Lipinski definition) is 3. The predicted molar refractivity (Wildman–Crippen MR) is 69.7 cm³/mol. The van der Waals surface area contributed by atoms with Gasteiger partial charge in [-0.1, -0.05) is 6.92 Å². The summed E-state index contributed by atoms with van der Waals surface area (Å²) in [7, 11) is 0. The van der Waals surface area contributed by atoms with E-state index >= 15 is 0 Å². The largest absolute Gasteiger partial charge is 0.508 e. The zero-order valence-corrected chi connectivity index (χ0v) is 10.8. The fourth-order valence-corrected chi connectivity index (χ4v) is 2.10. The zero-order valence-electron chi connectivity index (χ0n) is 9.93. The van der Waals surface area contributed by atoms with Gasteiger partial charge in [0.25, 0.3) is 5.91 Å². The van der Waals surface area contributed by atoms with Crippen molar-refractivity contribution in [2.75, 3.05) is 18.6 Å². The lowest BCUT2D eigenvalue weighted by Crippen LogP contribution is -2.29. The predicted octanol–water partition coefficient (Wildman–Crippen LogP) is 1.83. The molecule has 1 amide bonds. The minimum Gasteiger partial charge on any atom is -0.508 e. The number of nitrogens with one attached hydrogen (secondary N) is 1. The molecule has 0 aliphatic carbocycles. The maximum Gasteiger partial charge on any atom is 0.255 e. The van der Waals surface area contributed by atoms with Crippen LogP contribution in [0.4, 0.5) is 0 Å². The van der Waals surface area contributed by atoms with Crippen molar-refractivity contribution >= 4 is 17.7 Å². The van der Waals surface area contributed by atoms with Crippen LogP contribution in [0.1, 0.15) is 17.3 Å². The molecule has 0 heterocycles. The smallest absolute Gasteiger partial charge is 0.255 e. The van der Waals surface area contributed by atoms with Gasteiger partial charge < -0.3 is 15.5 Å². The van der Waals surface area contributed by atoms with Gasteiger partial charge in [0.2, 0.25) is 0 Å². The number of thioether (sulfide) groups is 1. The summed E-state index contributed by atoms with van der Waals surface area (Å²) in [5.74, 6) is 0.800. The van der Waals surface area contributed by atoms with E-state index in [1.165, 1.54) is 18.2 Å². The fraction of sp³-hybridized carbons (Fsp3) is 0.417. The summed E-state index contributed by atoms with van der Waals surface area (Å²) in [6, 6.07) is 3.89. The van der Waals surface area contributed by atoms with Crippen LogP contribution in [0.2, 0.25) is 0 Å². The molecule has 0 aliphatic heterocycles. The van der Waals surface area contributed by atoms with Crippen LogP contribution in [0.25, 0.3) is 0 Å². The molecule has 3 N–H and O–H groups in total. The van der Waals surface area contributed by atoms with E-state index in [2.05, 4.69) is 5.32 Å². The Labute approximate surface area is 105 Å². The minimum absolute atomic E-state index is 0.0369. The molecule has 5 heteroatoms. The van der Waals surface area contributed by atoms with Gasteiger partial charge in [0.05, 0.1) is 5.56 Å². The molecule has 1 aromatic rings. The van der Waals surface area contributed by atoms with Crippen molar-refractivity contribution in [1.29, 1.82) is 0 Å². The molecule has 94 valence electrons. The first-order valence-electron chi connectivity index (χ1n) is 5.33. The van der Waals surface area contributed by atoms with Crippen LogP contribution in [0, 0.1) is 5.92 Å². The SMILES string of the molecule is CSCC(C)CNC(=O)c1cc(O)ccc1O. The number of carbonyl (C=O) groups excluding carboxylic acids is 1. The van der Waals surface area contributed by atoms with Gasteiger partial charge in [0, 0.05) is 6.54 Å². The third kappa shape index (κ3) is 4.19. The van der Waals surface area contributed by atoms with Crippen molar-refractivity contribution in [2.45, 2.75) is 6.92 Å². The molecule has 1 aromatic carbocycles. The van der Waals surface area contributed by atoms with Crippen molar-refractivity contribution in [2.24, 2.45) is 5.92 Å². The number of hydrogen-bond acceptors (Lipinski definition) is 4. The number of phenols is 2. The molecule has 0 aromatic heterocycles. The van der Waals surface area contributed by atoms with E-state index in [1.807, 2.05) is 13.2 Å². The van der Waals surface area contributed by atoms with Crippen molar-refractivity contribution in [3.05, 3.63) is 23.8 Å². The van der Waals surface area contributed by atoms with Gasteiger partial charge in [-0.3, -0.25) is 4.79 Å². The van der Waals surface area contributed by atoms with Gasteiger partial charge in [0.15, 0.2) is 0 Å². The lowest BCUT2D eigenvalue weighted by molar-refractivity contribution is 0.0946. The van der Waals surface area contributed by atoms with Crippen LogP contribution in [-0.4, -0.2) is 34.7 Å². The highest BCUT2D eigenvalue weighted by atomic mass is 32.2. The summed E-state index contributed by atoms with van der Waals surface area (Å²) in [6.45, 7) is 2.59. The summed E-state index contributed by atoms with van der Waals surface area (Å²) in [5.41, 5.74) is 0.0985. The standard InChI is InChI=1S/C12H17NO3S/c1-8(7-17-2)6-13-12(16)10-5-9(14)3-4-11(10)15/h3-5,8,14-15H,6-7H2,1-2H3,(H,13,16). The second-order valence-electron chi connectivity index (χ2n) is 3.97. The average Bonchev–Trinajstić information content (AvgIpc) is 2.29. The van der Waals surface area contributed by atoms with E-state index in [-0.39, 0.29) is 23.0 Å². The van der Waals surface area contributed by atoms with Crippen LogP contribution < -0.4 is 5.32 Å². The Balaban J connectivity index is 2.61. The highest BCUT2D eigenvalue weighted by Gasteiger charge is 2.12. The van der Waals surface area contributed by atoms with Crippen molar-refractivity contribution in [1.82, 2.24) is 5.32 Å². The van der Waals surface area contributed by atoms with Crippen LogP contribution in [0.5, 0.6) is 11.5 Å². The molecule has 0 aliphatic rings. The van der Waals surface area contributed by atoms with Gasteiger partial charge in [-0.05, 0) is 36.1 Å². The zero-order chi connectivity index (χ0) is 12.8. The first-order chi connectivity index (χ1) is 8.04. The van der Waals surface area contributed by atoms with Gasteiger partial charge in [-0.15, -0.1) is 0 Å². The van der Waals surface area contributed by atoms with Crippen LogP contribution >= 0.6 is 11.8 Å². The molecule has 1 unspecified atom stereocenters. The Morgan fingerprint density at radius 3 is 2.82 bits per heavy atom.